The molecule has 0 aliphatic carbocycles. The van der Waals surface area contributed by atoms with Gasteiger partial charge in [-0.05, 0) is 25.0 Å². The predicted octanol–water partition coefficient (Wildman–Crippen LogP) is 2.07. The second-order valence-corrected chi connectivity index (χ2v) is 4.94. The van der Waals surface area contributed by atoms with Crippen molar-refractivity contribution in [2.45, 2.75) is 32.2 Å². The number of rotatable bonds is 6. The van der Waals surface area contributed by atoms with Gasteiger partial charge in [0, 0.05) is 19.0 Å². The molecule has 0 spiro atoms. The van der Waals surface area contributed by atoms with Gasteiger partial charge in [0.2, 0.25) is 5.91 Å². The van der Waals surface area contributed by atoms with Gasteiger partial charge >= 0.3 is 5.69 Å². The van der Waals surface area contributed by atoms with Crippen molar-refractivity contribution in [2.75, 3.05) is 18.5 Å². The van der Waals surface area contributed by atoms with E-state index in [0.717, 1.165) is 6.42 Å². The molecule has 1 aromatic carbocycles. The Labute approximate surface area is 122 Å². The maximum absolute atomic E-state index is 11.3. The van der Waals surface area contributed by atoms with Crippen LogP contribution in [0.3, 0.4) is 0 Å². The molecular weight excluding hydrogens is 274 g/mol. The molecule has 0 radical (unpaired) electrons. The lowest BCUT2D eigenvalue weighted by Gasteiger charge is -2.24. The van der Waals surface area contributed by atoms with Crippen LogP contribution in [0.2, 0.25) is 0 Å². The Kier molecular flexibility index (Phi) is 4.97. The number of nitro benzene ring substituents is 1. The van der Waals surface area contributed by atoms with Crippen LogP contribution >= 0.6 is 0 Å². The zero-order chi connectivity index (χ0) is 15.2. The van der Waals surface area contributed by atoms with E-state index >= 15 is 0 Å². The molecule has 21 heavy (non-hydrogen) atoms. The second kappa shape index (κ2) is 6.92. The van der Waals surface area contributed by atoms with Crippen molar-refractivity contribution in [3.63, 3.8) is 0 Å². The number of para-hydroxylation sites is 1. The van der Waals surface area contributed by atoms with Crippen LogP contribution in [0.4, 0.5) is 11.4 Å². The third kappa shape index (κ3) is 3.84. The third-order valence-electron chi connectivity index (χ3n) is 3.27. The molecule has 0 bridgehead atoms. The zero-order valence-corrected chi connectivity index (χ0v) is 11.9. The minimum atomic E-state index is -0.436. The summed E-state index contributed by atoms with van der Waals surface area (Å²) in [6, 6.07) is 4.97. The number of ether oxygens (including phenoxy) is 1. The van der Waals surface area contributed by atoms with Crippen molar-refractivity contribution in [2.24, 2.45) is 0 Å². The Hall–Kier alpha value is -2.31. The van der Waals surface area contributed by atoms with Gasteiger partial charge < -0.3 is 15.4 Å². The summed E-state index contributed by atoms with van der Waals surface area (Å²) in [5, 5.41) is 17.2. The van der Waals surface area contributed by atoms with E-state index in [2.05, 4.69) is 10.6 Å². The van der Waals surface area contributed by atoms with Crippen molar-refractivity contribution in [1.29, 1.82) is 0 Å². The fraction of sp³-hybridized carbons (Fsp3) is 0.500. The first-order valence-electron chi connectivity index (χ1n) is 7.05. The summed E-state index contributed by atoms with van der Waals surface area (Å²) in [5.41, 5.74) is 0.373. The highest BCUT2D eigenvalue weighted by molar-refractivity contribution is 5.77. The van der Waals surface area contributed by atoms with Gasteiger partial charge in [0.25, 0.3) is 0 Å². The number of nitro groups is 1. The summed E-state index contributed by atoms with van der Waals surface area (Å²) < 4.78 is 5.44. The van der Waals surface area contributed by atoms with Crippen LogP contribution in [-0.4, -0.2) is 30.0 Å². The molecule has 114 valence electrons. The molecule has 1 aliphatic rings. The van der Waals surface area contributed by atoms with Crippen LogP contribution in [-0.2, 0) is 4.79 Å². The zero-order valence-electron chi connectivity index (χ0n) is 11.9. The lowest BCUT2D eigenvalue weighted by atomic mass is 10.1. The molecule has 0 aromatic heterocycles. The number of piperidine rings is 1. The molecule has 1 atom stereocenters. The van der Waals surface area contributed by atoms with Crippen LogP contribution in [0.15, 0.2) is 18.2 Å². The largest absolute Gasteiger partial charge is 0.487 e. The minimum absolute atomic E-state index is 0.0113. The molecule has 0 saturated carbocycles. The first kappa shape index (κ1) is 15.1. The molecule has 1 aromatic rings. The van der Waals surface area contributed by atoms with E-state index in [1.165, 1.54) is 0 Å². The molecule has 1 unspecified atom stereocenters. The van der Waals surface area contributed by atoms with E-state index < -0.39 is 4.92 Å². The van der Waals surface area contributed by atoms with Gasteiger partial charge in [0.05, 0.1) is 11.5 Å². The van der Waals surface area contributed by atoms with Crippen molar-refractivity contribution >= 4 is 17.3 Å². The number of anilines is 1. The van der Waals surface area contributed by atoms with Crippen LogP contribution in [0.25, 0.3) is 0 Å². The highest BCUT2D eigenvalue weighted by Crippen LogP contribution is 2.35. The number of hydrogen-bond donors (Lipinski definition) is 2. The number of benzene rings is 1. The first-order chi connectivity index (χ1) is 10.1. The number of amides is 1. The standard InChI is InChI=1S/C14H19N3O4/c1-2-8-21-12-5-3-4-11(14(12)17(19)20)16-10-6-7-13(18)15-9-10/h3-5,10,16H,2,6-9H2,1H3,(H,15,18). The van der Waals surface area contributed by atoms with E-state index in [9.17, 15) is 14.9 Å². The summed E-state index contributed by atoms with van der Waals surface area (Å²) >= 11 is 0. The molecule has 7 nitrogen and oxygen atoms in total. The molecule has 7 heteroatoms. The first-order valence-corrected chi connectivity index (χ1v) is 7.05. The molecule has 2 rings (SSSR count). The average molecular weight is 293 g/mol. The third-order valence-corrected chi connectivity index (χ3v) is 3.27. The van der Waals surface area contributed by atoms with Gasteiger partial charge in [-0.15, -0.1) is 0 Å². The van der Waals surface area contributed by atoms with Gasteiger partial charge in [-0.25, -0.2) is 0 Å². The van der Waals surface area contributed by atoms with Gasteiger partial charge in [-0.3, -0.25) is 14.9 Å². The minimum Gasteiger partial charge on any atom is -0.487 e. The van der Waals surface area contributed by atoms with Gasteiger partial charge in [-0.1, -0.05) is 13.0 Å². The second-order valence-electron chi connectivity index (χ2n) is 4.94. The number of nitrogens with one attached hydrogen (secondary N) is 2. The molecule has 1 saturated heterocycles. The van der Waals surface area contributed by atoms with Crippen LogP contribution in [0.5, 0.6) is 5.75 Å². The van der Waals surface area contributed by atoms with Gasteiger partial charge in [-0.2, -0.15) is 0 Å². The van der Waals surface area contributed by atoms with E-state index in [4.69, 9.17) is 4.74 Å². The van der Waals surface area contributed by atoms with Crippen molar-refractivity contribution in [3.05, 3.63) is 28.3 Å². The lowest BCUT2D eigenvalue weighted by molar-refractivity contribution is -0.385. The smallest absolute Gasteiger partial charge is 0.333 e. The summed E-state index contributed by atoms with van der Waals surface area (Å²) in [6.45, 7) is 2.85. The maximum Gasteiger partial charge on any atom is 0.333 e. The summed E-state index contributed by atoms with van der Waals surface area (Å²) in [6.07, 6.45) is 1.87. The fourth-order valence-corrected chi connectivity index (χ4v) is 2.23. The lowest BCUT2D eigenvalue weighted by Crippen LogP contribution is -2.41. The quantitative estimate of drug-likeness (QED) is 0.618. The highest BCUT2D eigenvalue weighted by atomic mass is 16.6. The number of carbonyl (C=O) groups is 1. The summed E-state index contributed by atoms with van der Waals surface area (Å²) in [7, 11) is 0. The Bertz CT molecular complexity index is 523. The monoisotopic (exact) mass is 293 g/mol. The molecular formula is C14H19N3O4. The maximum atomic E-state index is 11.3. The highest BCUT2D eigenvalue weighted by Gasteiger charge is 2.24. The molecule has 1 heterocycles. The average Bonchev–Trinajstić information content (AvgIpc) is 2.47. The van der Waals surface area contributed by atoms with Crippen LogP contribution in [0.1, 0.15) is 26.2 Å². The SMILES string of the molecule is CCCOc1cccc(NC2CCC(=O)NC2)c1[N+](=O)[O-]. The number of hydrogen-bond acceptors (Lipinski definition) is 5. The normalized spacial score (nSPS) is 18.0. The molecule has 1 amide bonds. The van der Waals surface area contributed by atoms with Crippen LogP contribution in [0, 0.1) is 10.1 Å². The van der Waals surface area contributed by atoms with Crippen molar-refractivity contribution < 1.29 is 14.5 Å². The van der Waals surface area contributed by atoms with E-state index in [1.807, 2.05) is 6.92 Å². The summed E-state index contributed by atoms with van der Waals surface area (Å²) in [4.78, 5) is 22.0. The predicted molar refractivity (Wildman–Crippen MR) is 78.5 cm³/mol. The van der Waals surface area contributed by atoms with Crippen molar-refractivity contribution in [3.8, 4) is 5.75 Å². The van der Waals surface area contributed by atoms with Gasteiger partial charge in [0.15, 0.2) is 5.75 Å². The van der Waals surface area contributed by atoms with Gasteiger partial charge in [0.1, 0.15) is 5.69 Å². The number of nitrogens with zero attached hydrogens (tertiary/aromatic N) is 1. The Morgan fingerprint density at radius 2 is 2.33 bits per heavy atom. The van der Waals surface area contributed by atoms with Crippen LogP contribution < -0.4 is 15.4 Å². The molecule has 1 aliphatic heterocycles. The molecule has 1 fully saturated rings. The van der Waals surface area contributed by atoms with E-state index in [-0.39, 0.29) is 23.4 Å². The number of carbonyl (C=O) groups excluding carboxylic acids is 1. The Morgan fingerprint density at radius 1 is 1.52 bits per heavy atom. The summed E-state index contributed by atoms with van der Waals surface area (Å²) in [5.74, 6) is 0.286. The van der Waals surface area contributed by atoms with Crippen molar-refractivity contribution in [1.82, 2.24) is 5.32 Å². The van der Waals surface area contributed by atoms with E-state index in [1.54, 1.807) is 18.2 Å². The topological polar surface area (TPSA) is 93.5 Å². The Balaban J connectivity index is 2.17. The Morgan fingerprint density at radius 3 is 2.95 bits per heavy atom. The van der Waals surface area contributed by atoms with E-state index in [0.29, 0.717) is 31.7 Å². The fourth-order valence-electron chi connectivity index (χ4n) is 2.23. The molecule has 2 N–H and O–H groups in total.